The largest absolute Gasteiger partial charge is 0.463 e. The average molecular weight is 272 g/mol. The van der Waals surface area contributed by atoms with Gasteiger partial charge < -0.3 is 14.5 Å². The minimum Gasteiger partial charge on any atom is -0.463 e. The van der Waals surface area contributed by atoms with Crippen molar-refractivity contribution < 1.29 is 13.9 Å². The quantitative estimate of drug-likeness (QED) is 0.924. The summed E-state index contributed by atoms with van der Waals surface area (Å²) in [4.78, 5) is 16.2. The Balaban J connectivity index is 1.57. The molecule has 0 radical (unpaired) electrons. The lowest BCUT2D eigenvalue weighted by atomic mass is 10.1. The number of furan rings is 1. The highest BCUT2D eigenvalue weighted by Crippen LogP contribution is 2.17. The Labute approximate surface area is 117 Å². The van der Waals surface area contributed by atoms with Crippen molar-refractivity contribution in [2.75, 3.05) is 13.2 Å². The second kappa shape index (κ2) is 5.88. The summed E-state index contributed by atoms with van der Waals surface area (Å²) in [7, 11) is 0. The Hall–Kier alpha value is -2.14. The highest BCUT2D eigenvalue weighted by Gasteiger charge is 2.22. The third-order valence-electron chi connectivity index (χ3n) is 3.37. The zero-order valence-corrected chi connectivity index (χ0v) is 11.0. The number of carbonyl (C=O) groups excluding carboxylic acids is 1. The fraction of sp³-hybridized carbons (Fsp3) is 0.333. The molecule has 0 saturated carbocycles. The van der Waals surface area contributed by atoms with Gasteiger partial charge in [0.25, 0.3) is 0 Å². The second-order valence-electron chi connectivity index (χ2n) is 4.81. The average Bonchev–Trinajstić information content (AvgIpc) is 3.18. The van der Waals surface area contributed by atoms with Crippen LogP contribution in [-0.2, 0) is 16.1 Å². The molecule has 104 valence electrons. The van der Waals surface area contributed by atoms with E-state index < -0.39 is 0 Å². The molecule has 2 aromatic rings. The number of rotatable bonds is 4. The Bertz CT molecular complexity index is 557. The molecule has 0 aliphatic carbocycles. The molecule has 1 unspecified atom stereocenters. The number of hydrogen-bond donors (Lipinski definition) is 1. The van der Waals surface area contributed by atoms with E-state index >= 15 is 0 Å². The van der Waals surface area contributed by atoms with E-state index in [9.17, 15) is 4.79 Å². The van der Waals surface area contributed by atoms with Crippen molar-refractivity contribution in [1.82, 2.24) is 10.3 Å². The summed E-state index contributed by atoms with van der Waals surface area (Å²) in [5, 5.41) is 2.91. The van der Waals surface area contributed by atoms with Crippen LogP contribution in [0, 0.1) is 5.92 Å². The summed E-state index contributed by atoms with van der Waals surface area (Å²) in [6.07, 6.45) is 4.18. The number of ether oxygens (including phenoxy) is 1. The molecule has 3 rings (SSSR count). The van der Waals surface area contributed by atoms with Crippen LogP contribution in [0.2, 0.25) is 0 Å². The number of nitrogens with one attached hydrogen (secondary N) is 1. The first-order valence-corrected chi connectivity index (χ1v) is 6.67. The predicted molar refractivity (Wildman–Crippen MR) is 72.7 cm³/mol. The molecular weight excluding hydrogens is 256 g/mol. The summed E-state index contributed by atoms with van der Waals surface area (Å²) >= 11 is 0. The van der Waals surface area contributed by atoms with Crippen LogP contribution in [-0.4, -0.2) is 24.1 Å². The fourth-order valence-corrected chi connectivity index (χ4v) is 2.17. The van der Waals surface area contributed by atoms with Gasteiger partial charge in [0.15, 0.2) is 5.76 Å². The van der Waals surface area contributed by atoms with Gasteiger partial charge in [0.2, 0.25) is 5.91 Å². The molecule has 0 aromatic carbocycles. The zero-order chi connectivity index (χ0) is 13.8. The van der Waals surface area contributed by atoms with Crippen LogP contribution in [0.4, 0.5) is 0 Å². The lowest BCUT2D eigenvalue weighted by Gasteiger charge is -2.09. The van der Waals surface area contributed by atoms with Crippen LogP contribution < -0.4 is 5.32 Å². The summed E-state index contributed by atoms with van der Waals surface area (Å²) < 4.78 is 10.5. The standard InChI is InChI=1S/C15H16N2O3/c18-15(12-5-7-19-10-12)17-9-11-3-4-13(16-8-11)14-2-1-6-20-14/h1-4,6,8,12H,5,7,9-10H2,(H,17,18). The third kappa shape index (κ3) is 2.88. The van der Waals surface area contributed by atoms with Gasteiger partial charge in [-0.05, 0) is 30.2 Å². The Morgan fingerprint density at radius 3 is 3.00 bits per heavy atom. The van der Waals surface area contributed by atoms with Crippen molar-refractivity contribution in [3.8, 4) is 11.5 Å². The van der Waals surface area contributed by atoms with E-state index in [4.69, 9.17) is 9.15 Å². The molecule has 5 heteroatoms. The summed E-state index contributed by atoms with van der Waals surface area (Å²) in [6, 6.07) is 7.52. The van der Waals surface area contributed by atoms with Gasteiger partial charge in [0.1, 0.15) is 5.69 Å². The Morgan fingerprint density at radius 1 is 1.40 bits per heavy atom. The normalized spacial score (nSPS) is 18.1. The first kappa shape index (κ1) is 12.9. The maximum atomic E-state index is 11.8. The van der Waals surface area contributed by atoms with Gasteiger partial charge in [-0.3, -0.25) is 9.78 Å². The molecule has 3 heterocycles. The van der Waals surface area contributed by atoms with Gasteiger partial charge in [0, 0.05) is 19.3 Å². The van der Waals surface area contributed by atoms with Crippen LogP contribution in [0.1, 0.15) is 12.0 Å². The van der Waals surface area contributed by atoms with Crippen molar-refractivity contribution in [3.05, 3.63) is 42.3 Å². The highest BCUT2D eigenvalue weighted by atomic mass is 16.5. The van der Waals surface area contributed by atoms with E-state index in [0.29, 0.717) is 19.8 Å². The Morgan fingerprint density at radius 2 is 2.35 bits per heavy atom. The first-order valence-electron chi connectivity index (χ1n) is 6.67. The molecule has 0 bridgehead atoms. The summed E-state index contributed by atoms with van der Waals surface area (Å²) in [6.45, 7) is 1.69. The topological polar surface area (TPSA) is 64.4 Å². The molecule has 1 saturated heterocycles. The number of aromatic nitrogens is 1. The van der Waals surface area contributed by atoms with Gasteiger partial charge in [0.05, 0.1) is 18.8 Å². The van der Waals surface area contributed by atoms with E-state index in [0.717, 1.165) is 23.4 Å². The molecular formula is C15H16N2O3. The Kier molecular flexibility index (Phi) is 3.78. The molecule has 20 heavy (non-hydrogen) atoms. The maximum absolute atomic E-state index is 11.8. The van der Waals surface area contributed by atoms with E-state index in [2.05, 4.69) is 10.3 Å². The van der Waals surface area contributed by atoms with Crippen LogP contribution in [0.25, 0.3) is 11.5 Å². The smallest absolute Gasteiger partial charge is 0.225 e. The molecule has 2 aromatic heterocycles. The van der Waals surface area contributed by atoms with E-state index in [1.807, 2.05) is 24.3 Å². The summed E-state index contributed by atoms with van der Waals surface area (Å²) in [5.74, 6) is 0.784. The number of nitrogens with zero attached hydrogens (tertiary/aromatic N) is 1. The van der Waals surface area contributed by atoms with Crippen LogP contribution >= 0.6 is 0 Å². The summed E-state index contributed by atoms with van der Waals surface area (Å²) in [5.41, 5.74) is 1.75. The third-order valence-corrected chi connectivity index (χ3v) is 3.37. The number of amides is 1. The monoisotopic (exact) mass is 272 g/mol. The molecule has 1 N–H and O–H groups in total. The lowest BCUT2D eigenvalue weighted by Crippen LogP contribution is -2.30. The zero-order valence-electron chi connectivity index (χ0n) is 11.0. The van der Waals surface area contributed by atoms with Gasteiger partial charge in [-0.15, -0.1) is 0 Å². The van der Waals surface area contributed by atoms with Crippen molar-refractivity contribution in [2.45, 2.75) is 13.0 Å². The van der Waals surface area contributed by atoms with Crippen LogP contribution in [0.3, 0.4) is 0 Å². The van der Waals surface area contributed by atoms with Crippen LogP contribution in [0.5, 0.6) is 0 Å². The second-order valence-corrected chi connectivity index (χ2v) is 4.81. The SMILES string of the molecule is O=C(NCc1ccc(-c2ccco2)nc1)C1CCOC1. The first-order chi connectivity index (χ1) is 9.83. The van der Waals surface area contributed by atoms with E-state index in [1.54, 1.807) is 12.5 Å². The van der Waals surface area contributed by atoms with Crippen molar-refractivity contribution >= 4 is 5.91 Å². The van der Waals surface area contributed by atoms with Crippen molar-refractivity contribution in [2.24, 2.45) is 5.92 Å². The maximum Gasteiger partial charge on any atom is 0.225 e. The van der Waals surface area contributed by atoms with E-state index in [1.165, 1.54) is 0 Å². The van der Waals surface area contributed by atoms with Gasteiger partial charge >= 0.3 is 0 Å². The minimum atomic E-state index is -0.00893. The van der Waals surface area contributed by atoms with Crippen molar-refractivity contribution in [1.29, 1.82) is 0 Å². The highest BCUT2D eigenvalue weighted by molar-refractivity contribution is 5.78. The fourth-order valence-electron chi connectivity index (χ4n) is 2.17. The van der Waals surface area contributed by atoms with Gasteiger partial charge in [-0.25, -0.2) is 0 Å². The van der Waals surface area contributed by atoms with Crippen LogP contribution in [0.15, 0.2) is 41.1 Å². The molecule has 1 aliphatic rings. The molecule has 1 fully saturated rings. The molecule has 1 aliphatic heterocycles. The molecule has 1 atom stereocenters. The molecule has 0 spiro atoms. The lowest BCUT2D eigenvalue weighted by molar-refractivity contribution is -0.125. The van der Waals surface area contributed by atoms with E-state index in [-0.39, 0.29) is 11.8 Å². The van der Waals surface area contributed by atoms with Gasteiger partial charge in [-0.2, -0.15) is 0 Å². The molecule has 5 nitrogen and oxygen atoms in total. The number of carbonyl (C=O) groups is 1. The minimum absolute atomic E-state index is 0.00893. The molecule has 1 amide bonds. The predicted octanol–water partition coefficient (Wildman–Crippen LogP) is 1.99. The number of hydrogen-bond acceptors (Lipinski definition) is 4. The number of pyridine rings is 1. The van der Waals surface area contributed by atoms with Crippen molar-refractivity contribution in [3.63, 3.8) is 0 Å². The van der Waals surface area contributed by atoms with Gasteiger partial charge in [-0.1, -0.05) is 6.07 Å².